The Morgan fingerprint density at radius 1 is 1.31 bits per heavy atom. The molecule has 2 nitrogen and oxygen atoms in total. The first kappa shape index (κ1) is 9.87. The van der Waals surface area contributed by atoms with Crippen molar-refractivity contribution in [2.24, 2.45) is 7.05 Å². The Bertz CT molecular complexity index is 654. The molecule has 0 N–H and O–H groups in total. The van der Waals surface area contributed by atoms with E-state index in [1.54, 1.807) is 0 Å². The lowest BCUT2D eigenvalue weighted by Gasteiger charge is -1.93. The van der Waals surface area contributed by atoms with E-state index in [0.717, 1.165) is 11.3 Å². The average Bonchev–Trinajstić information content (AvgIpc) is 2.84. The largest absolute Gasteiger partial charge is 0.350 e. The fraction of sp³-hybridized carbons (Fsp3) is 0.0833. The molecule has 0 aliphatic heterocycles. The first-order chi connectivity index (χ1) is 7.75. The van der Waals surface area contributed by atoms with Crippen LogP contribution in [0.4, 0.5) is 0 Å². The molecule has 0 amide bonds. The summed E-state index contributed by atoms with van der Waals surface area (Å²) in [5, 5.41) is 3.20. The summed E-state index contributed by atoms with van der Waals surface area (Å²) < 4.78 is 2.70. The fourth-order valence-corrected chi connectivity index (χ4v) is 2.69. The number of para-hydroxylation sites is 1. The normalized spacial score (nSPS) is 11.1. The van der Waals surface area contributed by atoms with Crippen LogP contribution in [0.25, 0.3) is 22.2 Å². The second kappa shape index (κ2) is 3.61. The minimum atomic E-state index is 0.586. The van der Waals surface area contributed by atoms with E-state index in [1.165, 1.54) is 22.2 Å². The number of fused-ring (bicyclic) bond motifs is 1. The summed E-state index contributed by atoms with van der Waals surface area (Å²) in [5.41, 5.74) is 3.30. The molecular formula is C12H9ClN2S. The fourth-order valence-electron chi connectivity index (χ4n) is 1.92. The Balaban J connectivity index is 2.32. The molecule has 0 aliphatic rings. The maximum atomic E-state index is 5.87. The van der Waals surface area contributed by atoms with Gasteiger partial charge in [0.2, 0.25) is 0 Å². The zero-order valence-corrected chi connectivity index (χ0v) is 10.2. The first-order valence-corrected chi connectivity index (χ1v) is 6.17. The number of hydrogen-bond donors (Lipinski definition) is 0. The molecule has 0 saturated carbocycles. The zero-order valence-electron chi connectivity index (χ0n) is 8.64. The third-order valence-corrected chi connectivity index (χ3v) is 3.63. The topological polar surface area (TPSA) is 17.8 Å². The highest BCUT2D eigenvalue weighted by molar-refractivity contribution is 7.14. The summed E-state index contributed by atoms with van der Waals surface area (Å²) in [5.74, 6) is 0. The van der Waals surface area contributed by atoms with Crippen molar-refractivity contribution in [1.29, 1.82) is 0 Å². The van der Waals surface area contributed by atoms with Gasteiger partial charge in [-0.05, 0) is 6.07 Å². The van der Waals surface area contributed by atoms with E-state index >= 15 is 0 Å². The Kier molecular flexibility index (Phi) is 2.23. The molecule has 16 heavy (non-hydrogen) atoms. The maximum Gasteiger partial charge on any atom is 0.184 e. The Hall–Kier alpha value is -1.32. The minimum Gasteiger partial charge on any atom is -0.350 e. The van der Waals surface area contributed by atoms with Crippen molar-refractivity contribution in [2.75, 3.05) is 0 Å². The Morgan fingerprint density at radius 2 is 2.12 bits per heavy atom. The lowest BCUT2D eigenvalue weighted by atomic mass is 10.1. The van der Waals surface area contributed by atoms with E-state index < -0.39 is 0 Å². The van der Waals surface area contributed by atoms with E-state index in [1.807, 2.05) is 24.6 Å². The molecule has 0 unspecified atom stereocenters. The van der Waals surface area contributed by atoms with Gasteiger partial charge < -0.3 is 4.57 Å². The van der Waals surface area contributed by atoms with E-state index in [2.05, 4.69) is 27.9 Å². The van der Waals surface area contributed by atoms with Crippen LogP contribution in [-0.2, 0) is 7.05 Å². The van der Waals surface area contributed by atoms with Gasteiger partial charge in [-0.3, -0.25) is 0 Å². The highest BCUT2D eigenvalue weighted by atomic mass is 35.5. The number of halogens is 1. The van der Waals surface area contributed by atoms with Gasteiger partial charge in [0, 0.05) is 35.1 Å². The molecule has 0 radical (unpaired) electrons. The lowest BCUT2D eigenvalue weighted by molar-refractivity contribution is 0.970. The molecule has 4 heteroatoms. The highest BCUT2D eigenvalue weighted by Gasteiger charge is 2.10. The van der Waals surface area contributed by atoms with E-state index in [-0.39, 0.29) is 0 Å². The Morgan fingerprint density at radius 3 is 2.88 bits per heavy atom. The van der Waals surface area contributed by atoms with Gasteiger partial charge in [-0.15, -0.1) is 11.3 Å². The standard InChI is InChI=1S/C12H9ClN2S/c1-15-6-9(10-7-16-12(13)14-10)8-4-2-3-5-11(8)15/h2-7H,1H3. The second-order valence-electron chi connectivity index (χ2n) is 3.66. The molecule has 0 fully saturated rings. The summed E-state index contributed by atoms with van der Waals surface area (Å²) in [7, 11) is 2.04. The van der Waals surface area contributed by atoms with Crippen LogP contribution in [-0.4, -0.2) is 9.55 Å². The van der Waals surface area contributed by atoms with Crippen LogP contribution in [0.1, 0.15) is 0 Å². The van der Waals surface area contributed by atoms with Crippen LogP contribution in [0.15, 0.2) is 35.8 Å². The minimum absolute atomic E-state index is 0.586. The molecule has 80 valence electrons. The van der Waals surface area contributed by atoms with Gasteiger partial charge in [-0.25, -0.2) is 4.98 Å². The predicted octanol–water partition coefficient (Wildman–Crippen LogP) is 3.96. The van der Waals surface area contributed by atoms with Gasteiger partial charge in [0.15, 0.2) is 4.47 Å². The molecule has 2 heterocycles. The summed E-state index contributed by atoms with van der Waals surface area (Å²) in [6, 6.07) is 8.30. The summed E-state index contributed by atoms with van der Waals surface area (Å²) in [4.78, 5) is 4.32. The number of hydrogen-bond acceptors (Lipinski definition) is 2. The molecule has 3 aromatic rings. The van der Waals surface area contributed by atoms with Gasteiger partial charge in [0.1, 0.15) is 0 Å². The molecule has 3 rings (SSSR count). The molecule has 0 spiro atoms. The molecule has 0 saturated heterocycles. The molecule has 0 bridgehead atoms. The maximum absolute atomic E-state index is 5.87. The Labute approximate surface area is 102 Å². The number of rotatable bonds is 1. The van der Waals surface area contributed by atoms with E-state index in [9.17, 15) is 0 Å². The second-order valence-corrected chi connectivity index (χ2v) is 5.10. The third kappa shape index (κ3) is 1.44. The van der Waals surface area contributed by atoms with Crippen LogP contribution in [0.3, 0.4) is 0 Å². The van der Waals surface area contributed by atoms with Crippen molar-refractivity contribution >= 4 is 33.8 Å². The van der Waals surface area contributed by atoms with Crippen molar-refractivity contribution in [3.8, 4) is 11.3 Å². The smallest absolute Gasteiger partial charge is 0.184 e. The summed E-state index contributed by atoms with van der Waals surface area (Å²) >= 11 is 7.33. The third-order valence-electron chi connectivity index (χ3n) is 2.65. The van der Waals surface area contributed by atoms with E-state index in [4.69, 9.17) is 11.6 Å². The number of aryl methyl sites for hydroxylation is 1. The summed E-state index contributed by atoms with van der Waals surface area (Å²) in [6.45, 7) is 0. The number of benzene rings is 1. The molecule has 2 aromatic heterocycles. The lowest BCUT2D eigenvalue weighted by Crippen LogP contribution is -1.81. The highest BCUT2D eigenvalue weighted by Crippen LogP contribution is 2.31. The van der Waals surface area contributed by atoms with Crippen molar-refractivity contribution in [2.45, 2.75) is 0 Å². The SMILES string of the molecule is Cn1cc(-c2csc(Cl)n2)c2ccccc21. The number of nitrogens with zero attached hydrogens (tertiary/aromatic N) is 2. The quantitative estimate of drug-likeness (QED) is 0.638. The van der Waals surface area contributed by atoms with Crippen LogP contribution < -0.4 is 0 Å². The van der Waals surface area contributed by atoms with Gasteiger partial charge in [-0.2, -0.15) is 0 Å². The van der Waals surface area contributed by atoms with Crippen molar-refractivity contribution in [3.63, 3.8) is 0 Å². The molecular weight excluding hydrogens is 240 g/mol. The van der Waals surface area contributed by atoms with Crippen LogP contribution in [0.2, 0.25) is 4.47 Å². The predicted molar refractivity (Wildman–Crippen MR) is 69.0 cm³/mol. The molecule has 1 aromatic carbocycles. The molecule has 0 atom stereocenters. The monoisotopic (exact) mass is 248 g/mol. The zero-order chi connectivity index (χ0) is 11.1. The van der Waals surface area contributed by atoms with Gasteiger partial charge >= 0.3 is 0 Å². The van der Waals surface area contributed by atoms with Crippen LogP contribution in [0, 0.1) is 0 Å². The first-order valence-electron chi connectivity index (χ1n) is 4.91. The van der Waals surface area contributed by atoms with Crippen molar-refractivity contribution < 1.29 is 0 Å². The van der Waals surface area contributed by atoms with Gasteiger partial charge in [-0.1, -0.05) is 29.8 Å². The van der Waals surface area contributed by atoms with Crippen molar-refractivity contribution in [1.82, 2.24) is 9.55 Å². The number of thiazole rings is 1. The number of aromatic nitrogens is 2. The van der Waals surface area contributed by atoms with Crippen LogP contribution >= 0.6 is 22.9 Å². The van der Waals surface area contributed by atoms with Gasteiger partial charge in [0.25, 0.3) is 0 Å². The van der Waals surface area contributed by atoms with Crippen LogP contribution in [0.5, 0.6) is 0 Å². The molecule has 0 aliphatic carbocycles. The average molecular weight is 249 g/mol. The van der Waals surface area contributed by atoms with Gasteiger partial charge in [0.05, 0.1) is 5.69 Å². The van der Waals surface area contributed by atoms with Crippen molar-refractivity contribution in [3.05, 3.63) is 40.3 Å². The summed E-state index contributed by atoms with van der Waals surface area (Å²) in [6.07, 6.45) is 2.09. The van der Waals surface area contributed by atoms with E-state index in [0.29, 0.717) is 4.47 Å².